The third-order valence-corrected chi connectivity index (χ3v) is 2.72. The smallest absolute Gasteiger partial charge is 0.149 e. The molecule has 17 heavy (non-hydrogen) atoms. The van der Waals surface area contributed by atoms with Gasteiger partial charge in [0.05, 0.1) is 24.6 Å². The maximum absolute atomic E-state index is 5.71. The minimum atomic E-state index is 0.239. The molecular weight excluding hydrogens is 216 g/mol. The minimum absolute atomic E-state index is 0.239. The molecule has 0 spiro atoms. The summed E-state index contributed by atoms with van der Waals surface area (Å²) in [6.07, 6.45) is 4.04. The fraction of sp³-hybridized carbons (Fsp3) is 0.667. The molecule has 0 aliphatic carbocycles. The largest absolute Gasteiger partial charge is 0.372 e. The SMILES string of the molecule is CCNc1cncc(N2C[C@@H](C)O[C@@H](C)C2)n1. The highest BCUT2D eigenvalue weighted by atomic mass is 16.5. The van der Waals surface area contributed by atoms with Crippen molar-refractivity contribution in [1.29, 1.82) is 0 Å². The highest BCUT2D eigenvalue weighted by molar-refractivity contribution is 5.44. The monoisotopic (exact) mass is 236 g/mol. The lowest BCUT2D eigenvalue weighted by atomic mass is 10.2. The number of anilines is 2. The van der Waals surface area contributed by atoms with Crippen molar-refractivity contribution < 1.29 is 4.74 Å². The van der Waals surface area contributed by atoms with Crippen molar-refractivity contribution in [3.05, 3.63) is 12.4 Å². The van der Waals surface area contributed by atoms with Crippen molar-refractivity contribution in [2.45, 2.75) is 33.0 Å². The molecule has 1 aliphatic heterocycles. The van der Waals surface area contributed by atoms with Crippen LogP contribution in [-0.4, -0.2) is 41.8 Å². The van der Waals surface area contributed by atoms with Crippen molar-refractivity contribution in [3.63, 3.8) is 0 Å². The summed E-state index contributed by atoms with van der Waals surface area (Å²) in [5.41, 5.74) is 0. The molecule has 1 fully saturated rings. The van der Waals surface area contributed by atoms with Crippen LogP contribution < -0.4 is 10.2 Å². The molecule has 1 aromatic rings. The Hall–Kier alpha value is -1.36. The fourth-order valence-corrected chi connectivity index (χ4v) is 2.14. The molecule has 2 atom stereocenters. The lowest BCUT2D eigenvalue weighted by Gasteiger charge is -2.35. The van der Waals surface area contributed by atoms with Gasteiger partial charge in [-0.3, -0.25) is 4.98 Å². The first-order chi connectivity index (χ1) is 8.19. The second-order valence-corrected chi connectivity index (χ2v) is 4.46. The quantitative estimate of drug-likeness (QED) is 0.862. The molecule has 5 heteroatoms. The van der Waals surface area contributed by atoms with E-state index in [1.54, 1.807) is 6.20 Å². The Bertz CT molecular complexity index is 361. The average Bonchev–Trinajstić information content (AvgIpc) is 2.28. The van der Waals surface area contributed by atoms with Gasteiger partial charge in [-0.1, -0.05) is 0 Å². The fourth-order valence-electron chi connectivity index (χ4n) is 2.14. The summed E-state index contributed by atoms with van der Waals surface area (Å²) < 4.78 is 5.71. The summed E-state index contributed by atoms with van der Waals surface area (Å²) in [7, 11) is 0. The molecule has 1 saturated heterocycles. The summed E-state index contributed by atoms with van der Waals surface area (Å²) in [4.78, 5) is 11.0. The van der Waals surface area contributed by atoms with Crippen molar-refractivity contribution in [2.24, 2.45) is 0 Å². The molecule has 2 heterocycles. The van der Waals surface area contributed by atoms with Crippen molar-refractivity contribution in [2.75, 3.05) is 29.9 Å². The number of hydrogen-bond acceptors (Lipinski definition) is 5. The molecule has 1 aliphatic rings. The lowest BCUT2D eigenvalue weighted by Crippen LogP contribution is -2.45. The molecule has 0 radical (unpaired) electrons. The van der Waals surface area contributed by atoms with E-state index in [2.05, 4.69) is 34.0 Å². The second kappa shape index (κ2) is 5.31. The van der Waals surface area contributed by atoms with Crippen LogP contribution in [0.2, 0.25) is 0 Å². The maximum Gasteiger partial charge on any atom is 0.149 e. The van der Waals surface area contributed by atoms with Crippen LogP contribution in [0.4, 0.5) is 11.6 Å². The zero-order chi connectivity index (χ0) is 12.3. The van der Waals surface area contributed by atoms with E-state index < -0.39 is 0 Å². The third kappa shape index (κ3) is 3.06. The first kappa shape index (κ1) is 12.1. The van der Waals surface area contributed by atoms with Crippen molar-refractivity contribution in [3.8, 4) is 0 Å². The maximum atomic E-state index is 5.71. The van der Waals surface area contributed by atoms with Gasteiger partial charge in [-0.2, -0.15) is 0 Å². The van der Waals surface area contributed by atoms with Gasteiger partial charge in [0.15, 0.2) is 0 Å². The standard InChI is InChI=1S/C12H20N4O/c1-4-14-11-5-13-6-12(15-11)16-7-9(2)17-10(3)8-16/h5-6,9-10H,4,7-8H2,1-3H3,(H,14,15)/t9-,10+. The molecule has 0 aromatic carbocycles. The van der Waals surface area contributed by atoms with Gasteiger partial charge >= 0.3 is 0 Å². The molecule has 1 aromatic heterocycles. The number of nitrogens with one attached hydrogen (secondary N) is 1. The number of nitrogens with zero attached hydrogens (tertiary/aromatic N) is 3. The predicted octanol–water partition coefficient (Wildman–Crippen LogP) is 1.52. The molecule has 1 N–H and O–H groups in total. The van der Waals surface area contributed by atoms with Crippen LogP contribution in [0.15, 0.2) is 12.4 Å². The zero-order valence-corrected chi connectivity index (χ0v) is 10.7. The Labute approximate surface area is 102 Å². The number of morpholine rings is 1. The van der Waals surface area contributed by atoms with Crippen LogP contribution in [0.3, 0.4) is 0 Å². The van der Waals surface area contributed by atoms with Gasteiger partial charge in [0, 0.05) is 19.6 Å². The topological polar surface area (TPSA) is 50.3 Å². The number of ether oxygens (including phenoxy) is 1. The van der Waals surface area contributed by atoms with Gasteiger partial charge < -0.3 is 15.0 Å². The van der Waals surface area contributed by atoms with Crippen LogP contribution >= 0.6 is 0 Å². The number of aromatic nitrogens is 2. The van der Waals surface area contributed by atoms with Crippen LogP contribution in [0.5, 0.6) is 0 Å². The molecule has 94 valence electrons. The van der Waals surface area contributed by atoms with E-state index in [1.165, 1.54) is 0 Å². The summed E-state index contributed by atoms with van der Waals surface area (Å²) >= 11 is 0. The summed E-state index contributed by atoms with van der Waals surface area (Å²) in [5.74, 6) is 1.75. The van der Waals surface area contributed by atoms with Crippen molar-refractivity contribution in [1.82, 2.24) is 9.97 Å². The second-order valence-electron chi connectivity index (χ2n) is 4.46. The minimum Gasteiger partial charge on any atom is -0.372 e. The normalized spacial score (nSPS) is 24.8. The van der Waals surface area contributed by atoms with Crippen LogP contribution in [-0.2, 0) is 4.74 Å². The first-order valence-corrected chi connectivity index (χ1v) is 6.15. The third-order valence-electron chi connectivity index (χ3n) is 2.72. The van der Waals surface area contributed by atoms with E-state index in [1.807, 2.05) is 13.1 Å². The van der Waals surface area contributed by atoms with Gasteiger partial charge in [0.25, 0.3) is 0 Å². The van der Waals surface area contributed by atoms with E-state index in [-0.39, 0.29) is 12.2 Å². The van der Waals surface area contributed by atoms with Crippen LogP contribution in [0.25, 0.3) is 0 Å². The highest BCUT2D eigenvalue weighted by Crippen LogP contribution is 2.18. The van der Waals surface area contributed by atoms with Gasteiger partial charge in [-0.15, -0.1) is 0 Å². The van der Waals surface area contributed by atoms with Gasteiger partial charge in [0.1, 0.15) is 11.6 Å². The predicted molar refractivity (Wildman–Crippen MR) is 68.4 cm³/mol. The Morgan fingerprint density at radius 3 is 2.71 bits per heavy atom. The molecule has 0 saturated carbocycles. The van der Waals surface area contributed by atoms with E-state index in [0.29, 0.717) is 0 Å². The van der Waals surface area contributed by atoms with E-state index >= 15 is 0 Å². The molecule has 0 unspecified atom stereocenters. The molecular formula is C12H20N4O. The van der Waals surface area contributed by atoms with Crippen LogP contribution in [0.1, 0.15) is 20.8 Å². The Morgan fingerprint density at radius 2 is 2.06 bits per heavy atom. The summed E-state index contributed by atoms with van der Waals surface area (Å²) in [5, 5.41) is 3.18. The molecule has 0 amide bonds. The van der Waals surface area contributed by atoms with Crippen molar-refractivity contribution >= 4 is 11.6 Å². The average molecular weight is 236 g/mol. The molecule has 2 rings (SSSR count). The number of rotatable bonds is 3. The Morgan fingerprint density at radius 1 is 1.35 bits per heavy atom. The molecule has 0 bridgehead atoms. The number of hydrogen-bond donors (Lipinski definition) is 1. The zero-order valence-electron chi connectivity index (χ0n) is 10.7. The summed E-state index contributed by atoms with van der Waals surface area (Å²) in [6.45, 7) is 8.82. The Kier molecular flexibility index (Phi) is 3.78. The van der Waals surface area contributed by atoms with E-state index in [4.69, 9.17) is 4.74 Å². The lowest BCUT2D eigenvalue weighted by molar-refractivity contribution is -0.00547. The van der Waals surface area contributed by atoms with Crippen LogP contribution in [0, 0.1) is 0 Å². The summed E-state index contributed by atoms with van der Waals surface area (Å²) in [6, 6.07) is 0. The Balaban J connectivity index is 2.12. The molecule has 5 nitrogen and oxygen atoms in total. The first-order valence-electron chi connectivity index (χ1n) is 6.15. The van der Waals surface area contributed by atoms with Gasteiger partial charge in [0.2, 0.25) is 0 Å². The van der Waals surface area contributed by atoms with Gasteiger partial charge in [-0.25, -0.2) is 4.98 Å². The van der Waals surface area contributed by atoms with E-state index in [9.17, 15) is 0 Å². The van der Waals surface area contributed by atoms with Gasteiger partial charge in [-0.05, 0) is 20.8 Å². The van der Waals surface area contributed by atoms with E-state index in [0.717, 1.165) is 31.3 Å². The highest BCUT2D eigenvalue weighted by Gasteiger charge is 2.23.